The van der Waals surface area contributed by atoms with Crippen molar-refractivity contribution in [1.82, 2.24) is 0 Å². The molecule has 7 nitrogen and oxygen atoms in total. The molecule has 0 spiro atoms. The summed E-state index contributed by atoms with van der Waals surface area (Å²) in [4.78, 5) is 34.0. The van der Waals surface area contributed by atoms with Gasteiger partial charge in [0.25, 0.3) is 5.69 Å². The van der Waals surface area contributed by atoms with E-state index in [1.165, 1.54) is 6.07 Å². The third kappa shape index (κ3) is 5.07. The molecule has 1 aromatic carbocycles. The second kappa shape index (κ2) is 8.69. The molecule has 0 fully saturated rings. The first-order chi connectivity index (χ1) is 10.8. The van der Waals surface area contributed by atoms with Crippen LogP contribution in [-0.2, 0) is 25.5 Å². The molecule has 23 heavy (non-hydrogen) atoms. The smallest absolute Gasteiger partial charge is 0.320 e. The Morgan fingerprint density at radius 1 is 1.13 bits per heavy atom. The molecular formula is C14H15Cl2NO6. The van der Waals surface area contributed by atoms with Crippen LogP contribution in [0.5, 0.6) is 0 Å². The summed E-state index contributed by atoms with van der Waals surface area (Å²) in [5.74, 6) is -2.72. The Balaban J connectivity index is 3.12. The van der Waals surface area contributed by atoms with Crippen LogP contribution in [0.1, 0.15) is 19.4 Å². The molecule has 0 unspecified atom stereocenters. The number of hydrogen-bond acceptors (Lipinski definition) is 6. The van der Waals surface area contributed by atoms with Gasteiger partial charge in [0.1, 0.15) is 5.02 Å². The van der Waals surface area contributed by atoms with Crippen molar-refractivity contribution in [3.63, 3.8) is 0 Å². The van der Waals surface area contributed by atoms with Crippen LogP contribution in [0.2, 0.25) is 10.0 Å². The summed E-state index contributed by atoms with van der Waals surface area (Å²) in [7, 11) is 0. The van der Waals surface area contributed by atoms with Gasteiger partial charge in [0.05, 0.1) is 23.2 Å². The van der Waals surface area contributed by atoms with E-state index in [9.17, 15) is 19.7 Å². The molecule has 0 aliphatic rings. The fourth-order valence-corrected chi connectivity index (χ4v) is 2.33. The van der Waals surface area contributed by atoms with Gasteiger partial charge in [-0.15, -0.1) is 0 Å². The Hall–Kier alpha value is -1.86. The van der Waals surface area contributed by atoms with E-state index in [1.54, 1.807) is 13.8 Å². The Bertz CT molecular complexity index is 602. The minimum Gasteiger partial charge on any atom is -0.465 e. The zero-order valence-electron chi connectivity index (χ0n) is 12.5. The monoisotopic (exact) mass is 363 g/mol. The molecule has 0 radical (unpaired) electrons. The predicted octanol–water partition coefficient (Wildman–Crippen LogP) is 3.19. The highest BCUT2D eigenvalue weighted by molar-refractivity contribution is 6.35. The summed E-state index contributed by atoms with van der Waals surface area (Å²) in [6.07, 6.45) is -0.131. The van der Waals surface area contributed by atoms with Crippen LogP contribution in [0.25, 0.3) is 0 Å². The fourth-order valence-electron chi connectivity index (χ4n) is 1.84. The van der Waals surface area contributed by atoms with Gasteiger partial charge in [-0.25, -0.2) is 0 Å². The molecule has 1 aromatic rings. The average molecular weight is 364 g/mol. The summed E-state index contributed by atoms with van der Waals surface area (Å²) in [6, 6.07) is 2.33. The van der Waals surface area contributed by atoms with Gasteiger partial charge in [-0.1, -0.05) is 23.2 Å². The van der Waals surface area contributed by atoms with Crippen LogP contribution in [-0.4, -0.2) is 30.1 Å². The maximum Gasteiger partial charge on any atom is 0.320 e. The number of carbonyl (C=O) groups excluding carboxylic acids is 2. The standard InChI is InChI=1S/C14H15Cl2NO6/c1-3-22-13(18)9(14(19)23-4-2)5-8-6-11(16)12(17(20)21)7-10(8)15/h6-7,9H,3-5H2,1-2H3. The molecule has 0 N–H and O–H groups in total. The van der Waals surface area contributed by atoms with Crippen molar-refractivity contribution in [1.29, 1.82) is 0 Å². The molecular weight excluding hydrogens is 349 g/mol. The summed E-state index contributed by atoms with van der Waals surface area (Å²) >= 11 is 11.8. The third-order valence-corrected chi connectivity index (χ3v) is 3.53. The van der Waals surface area contributed by atoms with Crippen LogP contribution >= 0.6 is 23.2 Å². The van der Waals surface area contributed by atoms with Gasteiger partial charge in [0, 0.05) is 6.07 Å². The van der Waals surface area contributed by atoms with Crippen LogP contribution in [0.15, 0.2) is 12.1 Å². The van der Waals surface area contributed by atoms with E-state index in [-0.39, 0.29) is 35.4 Å². The number of esters is 2. The zero-order valence-corrected chi connectivity index (χ0v) is 14.0. The first-order valence-electron chi connectivity index (χ1n) is 6.77. The van der Waals surface area contributed by atoms with E-state index < -0.39 is 22.8 Å². The molecule has 0 aliphatic carbocycles. The molecule has 0 heterocycles. The highest BCUT2D eigenvalue weighted by Gasteiger charge is 2.31. The average Bonchev–Trinajstić information content (AvgIpc) is 2.47. The van der Waals surface area contributed by atoms with Gasteiger partial charge < -0.3 is 9.47 Å². The highest BCUT2D eigenvalue weighted by atomic mass is 35.5. The molecule has 0 aliphatic heterocycles. The number of nitrogens with zero attached hydrogens (tertiary/aromatic N) is 1. The van der Waals surface area contributed by atoms with E-state index in [1.807, 2.05) is 0 Å². The summed E-state index contributed by atoms with van der Waals surface area (Å²) in [5.41, 5.74) is -0.0439. The van der Waals surface area contributed by atoms with Crippen molar-refractivity contribution >= 4 is 40.8 Å². The van der Waals surface area contributed by atoms with Crippen molar-refractivity contribution in [3.8, 4) is 0 Å². The molecule has 9 heteroatoms. The lowest BCUT2D eigenvalue weighted by Gasteiger charge is -2.15. The number of halogens is 2. The Kier molecular flexibility index (Phi) is 7.25. The van der Waals surface area contributed by atoms with E-state index >= 15 is 0 Å². The molecule has 126 valence electrons. The number of nitro groups is 1. The lowest BCUT2D eigenvalue weighted by Crippen LogP contribution is -2.30. The quantitative estimate of drug-likeness (QED) is 0.319. The van der Waals surface area contributed by atoms with E-state index in [0.29, 0.717) is 5.56 Å². The predicted molar refractivity (Wildman–Crippen MR) is 83.6 cm³/mol. The van der Waals surface area contributed by atoms with Gasteiger partial charge in [0.15, 0.2) is 5.92 Å². The van der Waals surface area contributed by atoms with Gasteiger partial charge in [-0.2, -0.15) is 0 Å². The summed E-state index contributed by atoms with van der Waals surface area (Å²) in [5, 5.41) is 10.7. The SMILES string of the molecule is CCOC(=O)C(Cc1cc(Cl)c([N+](=O)[O-])cc1Cl)C(=O)OCC. The first kappa shape index (κ1) is 19.2. The summed E-state index contributed by atoms with van der Waals surface area (Å²) in [6.45, 7) is 3.42. The van der Waals surface area contributed by atoms with Crippen molar-refractivity contribution in [3.05, 3.63) is 37.9 Å². The Morgan fingerprint density at radius 2 is 1.65 bits per heavy atom. The van der Waals surface area contributed by atoms with Gasteiger partial charge >= 0.3 is 11.9 Å². The number of nitro benzene ring substituents is 1. The number of hydrogen-bond donors (Lipinski definition) is 0. The Labute approximate surface area is 142 Å². The van der Waals surface area contributed by atoms with Gasteiger partial charge in [-0.05, 0) is 31.9 Å². The number of rotatable bonds is 7. The van der Waals surface area contributed by atoms with Crippen LogP contribution in [0.4, 0.5) is 5.69 Å². The van der Waals surface area contributed by atoms with Crippen molar-refractivity contribution in [2.45, 2.75) is 20.3 Å². The molecule has 1 rings (SSSR count). The lowest BCUT2D eigenvalue weighted by molar-refractivity contribution is -0.384. The van der Waals surface area contributed by atoms with Crippen molar-refractivity contribution in [2.24, 2.45) is 5.92 Å². The van der Waals surface area contributed by atoms with Gasteiger partial charge in [0.2, 0.25) is 0 Å². The van der Waals surface area contributed by atoms with Crippen molar-refractivity contribution < 1.29 is 24.0 Å². The molecule has 0 amide bonds. The normalized spacial score (nSPS) is 10.5. The number of benzene rings is 1. The largest absolute Gasteiger partial charge is 0.465 e. The zero-order chi connectivity index (χ0) is 17.6. The first-order valence-corrected chi connectivity index (χ1v) is 7.52. The number of carbonyl (C=O) groups is 2. The van der Waals surface area contributed by atoms with Crippen LogP contribution in [0, 0.1) is 16.0 Å². The van der Waals surface area contributed by atoms with E-state index in [4.69, 9.17) is 32.7 Å². The molecule has 0 atom stereocenters. The fraction of sp³-hybridized carbons (Fsp3) is 0.429. The van der Waals surface area contributed by atoms with E-state index in [0.717, 1.165) is 6.07 Å². The Morgan fingerprint density at radius 3 is 2.09 bits per heavy atom. The third-order valence-electron chi connectivity index (χ3n) is 2.88. The maximum atomic E-state index is 11.9. The van der Waals surface area contributed by atoms with Crippen LogP contribution < -0.4 is 0 Å². The van der Waals surface area contributed by atoms with Gasteiger partial charge in [-0.3, -0.25) is 19.7 Å². The van der Waals surface area contributed by atoms with Crippen LogP contribution in [0.3, 0.4) is 0 Å². The molecule has 0 saturated carbocycles. The van der Waals surface area contributed by atoms with Crippen molar-refractivity contribution in [2.75, 3.05) is 13.2 Å². The number of ether oxygens (including phenoxy) is 2. The summed E-state index contributed by atoms with van der Waals surface area (Å²) < 4.78 is 9.70. The van der Waals surface area contributed by atoms with E-state index in [2.05, 4.69) is 0 Å². The minimum atomic E-state index is -1.22. The molecule has 0 saturated heterocycles. The second-order valence-corrected chi connectivity index (χ2v) is 5.23. The minimum absolute atomic E-state index is 0.0275. The molecule has 0 aromatic heterocycles. The second-order valence-electron chi connectivity index (χ2n) is 4.41. The molecule has 0 bridgehead atoms. The highest BCUT2D eigenvalue weighted by Crippen LogP contribution is 2.32. The maximum absolute atomic E-state index is 11.9. The topological polar surface area (TPSA) is 95.7 Å². The lowest BCUT2D eigenvalue weighted by atomic mass is 9.99.